The predicted octanol–water partition coefficient (Wildman–Crippen LogP) is 3.23. The second-order valence-corrected chi connectivity index (χ2v) is 8.90. The van der Waals surface area contributed by atoms with E-state index >= 15 is 0 Å². The van der Waals surface area contributed by atoms with E-state index in [1.165, 1.54) is 12.3 Å². The number of ether oxygens (including phenoxy) is 1. The number of carbonyl (C=O) groups excluding carboxylic acids is 1. The SMILES string of the molecule is CNc1cc(-c2cnc(OCCC3CCN(CC(=O)N(C)C)CC3)c(C(F)(F)F)c2)nc(C#N)c1N. The van der Waals surface area contributed by atoms with Crippen LogP contribution in [0.15, 0.2) is 18.3 Å². The molecule has 36 heavy (non-hydrogen) atoms. The van der Waals surface area contributed by atoms with Crippen molar-refractivity contribution >= 4 is 17.3 Å². The smallest absolute Gasteiger partial charge is 0.421 e. The van der Waals surface area contributed by atoms with Crippen molar-refractivity contribution in [2.75, 3.05) is 58.4 Å². The Hall–Kier alpha value is -3.59. The molecule has 0 aromatic carbocycles. The van der Waals surface area contributed by atoms with Crippen LogP contribution in [0.1, 0.15) is 30.5 Å². The lowest BCUT2D eigenvalue weighted by molar-refractivity contribution is -0.139. The minimum Gasteiger partial charge on any atom is -0.477 e. The number of carbonyl (C=O) groups is 1. The van der Waals surface area contributed by atoms with E-state index in [4.69, 9.17) is 10.5 Å². The average molecular weight is 506 g/mol. The molecule has 3 heterocycles. The molecule has 0 atom stereocenters. The molecule has 3 rings (SSSR count). The lowest BCUT2D eigenvalue weighted by Crippen LogP contribution is -2.41. The zero-order valence-corrected chi connectivity index (χ0v) is 20.5. The fraction of sp³-hybridized carbons (Fsp3) is 0.500. The predicted molar refractivity (Wildman–Crippen MR) is 129 cm³/mol. The highest BCUT2D eigenvalue weighted by atomic mass is 19.4. The van der Waals surface area contributed by atoms with Crippen molar-refractivity contribution in [2.24, 2.45) is 5.92 Å². The Morgan fingerprint density at radius 2 is 2.03 bits per heavy atom. The Morgan fingerprint density at radius 3 is 2.61 bits per heavy atom. The zero-order chi connectivity index (χ0) is 26.5. The Bertz CT molecular complexity index is 1120. The number of halogens is 3. The van der Waals surface area contributed by atoms with Gasteiger partial charge in [-0.05, 0) is 50.4 Å². The number of likely N-dealkylation sites (N-methyl/N-ethyl adjacent to an activating group) is 1. The van der Waals surface area contributed by atoms with E-state index < -0.39 is 17.6 Å². The quantitative estimate of drug-likeness (QED) is 0.561. The number of nitriles is 1. The molecule has 0 radical (unpaired) electrons. The van der Waals surface area contributed by atoms with Gasteiger partial charge in [0.1, 0.15) is 11.6 Å². The average Bonchev–Trinajstić information content (AvgIpc) is 2.84. The summed E-state index contributed by atoms with van der Waals surface area (Å²) in [6.45, 7) is 1.99. The van der Waals surface area contributed by atoms with Crippen molar-refractivity contribution in [3.63, 3.8) is 0 Å². The number of nitrogens with two attached hydrogens (primary N) is 1. The van der Waals surface area contributed by atoms with Gasteiger partial charge in [0, 0.05) is 32.9 Å². The second kappa shape index (κ2) is 11.4. The Kier molecular flexibility index (Phi) is 8.57. The molecule has 2 aromatic rings. The van der Waals surface area contributed by atoms with Crippen LogP contribution in [0.2, 0.25) is 0 Å². The molecular formula is C24H30F3N7O2. The van der Waals surface area contributed by atoms with Crippen molar-refractivity contribution in [2.45, 2.75) is 25.4 Å². The number of pyridine rings is 2. The van der Waals surface area contributed by atoms with E-state index in [1.807, 2.05) is 6.07 Å². The van der Waals surface area contributed by atoms with E-state index in [1.54, 1.807) is 26.0 Å². The number of alkyl halides is 3. The third kappa shape index (κ3) is 6.54. The third-order valence-electron chi connectivity index (χ3n) is 6.22. The number of nitrogen functional groups attached to an aromatic ring is 1. The maximum Gasteiger partial charge on any atom is 0.421 e. The van der Waals surface area contributed by atoms with Crippen LogP contribution in [0.25, 0.3) is 11.3 Å². The fourth-order valence-corrected chi connectivity index (χ4v) is 3.99. The molecule has 0 aliphatic carbocycles. The summed E-state index contributed by atoms with van der Waals surface area (Å²) in [4.78, 5) is 23.5. The molecule has 2 aromatic heterocycles. The van der Waals surface area contributed by atoms with Gasteiger partial charge in [-0.3, -0.25) is 9.69 Å². The first-order valence-electron chi connectivity index (χ1n) is 11.5. The summed E-state index contributed by atoms with van der Waals surface area (Å²) in [7, 11) is 5.02. The minimum absolute atomic E-state index is 0.0474. The summed E-state index contributed by atoms with van der Waals surface area (Å²) in [6, 6.07) is 4.23. The van der Waals surface area contributed by atoms with Gasteiger partial charge in [0.2, 0.25) is 11.8 Å². The Labute approximate surface area is 208 Å². The largest absolute Gasteiger partial charge is 0.477 e. The maximum atomic E-state index is 13.8. The minimum atomic E-state index is -4.69. The zero-order valence-electron chi connectivity index (χ0n) is 20.5. The van der Waals surface area contributed by atoms with Gasteiger partial charge in [0.25, 0.3) is 0 Å². The lowest BCUT2D eigenvalue weighted by atomic mass is 9.94. The van der Waals surface area contributed by atoms with E-state index in [2.05, 4.69) is 20.2 Å². The molecule has 1 fully saturated rings. The van der Waals surface area contributed by atoms with Crippen LogP contribution < -0.4 is 15.8 Å². The second-order valence-electron chi connectivity index (χ2n) is 8.90. The van der Waals surface area contributed by atoms with Crippen LogP contribution in [0.4, 0.5) is 24.5 Å². The van der Waals surface area contributed by atoms with Gasteiger partial charge in [0.15, 0.2) is 5.69 Å². The highest BCUT2D eigenvalue weighted by Gasteiger charge is 2.36. The fourth-order valence-electron chi connectivity index (χ4n) is 3.99. The topological polar surface area (TPSA) is 120 Å². The van der Waals surface area contributed by atoms with Crippen LogP contribution in [0, 0.1) is 17.2 Å². The number of hydrogen-bond donors (Lipinski definition) is 2. The summed E-state index contributed by atoms with van der Waals surface area (Å²) in [6.07, 6.45) is -1.17. The van der Waals surface area contributed by atoms with E-state index in [0.717, 1.165) is 32.0 Å². The molecule has 0 spiro atoms. The van der Waals surface area contributed by atoms with Gasteiger partial charge < -0.3 is 20.7 Å². The monoisotopic (exact) mass is 505 g/mol. The van der Waals surface area contributed by atoms with Crippen LogP contribution in [-0.4, -0.2) is 73.1 Å². The maximum absolute atomic E-state index is 13.8. The first-order chi connectivity index (χ1) is 17.0. The lowest BCUT2D eigenvalue weighted by Gasteiger charge is -2.32. The number of nitrogens with one attached hydrogen (secondary N) is 1. The van der Waals surface area contributed by atoms with Crippen molar-refractivity contribution in [1.29, 1.82) is 5.26 Å². The number of hydrogen-bond acceptors (Lipinski definition) is 8. The number of rotatable bonds is 8. The summed E-state index contributed by atoms with van der Waals surface area (Å²) in [5.41, 5.74) is 5.45. The molecule has 1 aliphatic heterocycles. The summed E-state index contributed by atoms with van der Waals surface area (Å²) in [5.74, 6) is -0.149. The van der Waals surface area contributed by atoms with Gasteiger partial charge in [0.05, 0.1) is 30.2 Å². The van der Waals surface area contributed by atoms with E-state index in [9.17, 15) is 23.2 Å². The summed E-state index contributed by atoms with van der Waals surface area (Å²) >= 11 is 0. The molecular weight excluding hydrogens is 475 g/mol. The summed E-state index contributed by atoms with van der Waals surface area (Å²) in [5, 5.41) is 12.1. The van der Waals surface area contributed by atoms with Crippen LogP contribution in [0.3, 0.4) is 0 Å². The molecule has 12 heteroatoms. The number of likely N-dealkylation sites (tertiary alicyclic amines) is 1. The van der Waals surface area contributed by atoms with Crippen molar-refractivity contribution in [3.8, 4) is 23.2 Å². The van der Waals surface area contributed by atoms with Crippen LogP contribution in [-0.2, 0) is 11.0 Å². The molecule has 9 nitrogen and oxygen atoms in total. The Balaban J connectivity index is 1.68. The van der Waals surface area contributed by atoms with Gasteiger partial charge >= 0.3 is 6.18 Å². The van der Waals surface area contributed by atoms with Gasteiger partial charge in [-0.1, -0.05) is 0 Å². The first kappa shape index (κ1) is 27.0. The van der Waals surface area contributed by atoms with Crippen molar-refractivity contribution < 1.29 is 22.7 Å². The molecule has 3 N–H and O–H groups in total. The number of nitrogens with zero attached hydrogens (tertiary/aromatic N) is 5. The van der Waals surface area contributed by atoms with Crippen LogP contribution in [0.5, 0.6) is 5.88 Å². The molecule has 1 amide bonds. The van der Waals surface area contributed by atoms with Gasteiger partial charge in [-0.15, -0.1) is 0 Å². The standard InChI is InChI=1S/C24H30F3N7O2/c1-30-19-11-18(32-20(12-28)22(19)29)16-10-17(24(25,26)27)23(31-13-16)36-9-6-15-4-7-34(8-5-15)14-21(35)33(2)3/h10-11,13,15H,4-9,14,29H2,1-3H3,(H,30,32). The summed E-state index contributed by atoms with van der Waals surface area (Å²) < 4.78 is 46.9. The van der Waals surface area contributed by atoms with E-state index in [0.29, 0.717) is 24.6 Å². The van der Waals surface area contributed by atoms with Crippen molar-refractivity contribution in [1.82, 2.24) is 19.8 Å². The molecule has 0 unspecified atom stereocenters. The van der Waals surface area contributed by atoms with Gasteiger partial charge in [-0.2, -0.15) is 18.4 Å². The first-order valence-corrected chi connectivity index (χ1v) is 11.5. The third-order valence-corrected chi connectivity index (χ3v) is 6.22. The molecule has 0 bridgehead atoms. The Morgan fingerprint density at radius 1 is 1.33 bits per heavy atom. The molecule has 1 saturated heterocycles. The highest BCUT2D eigenvalue weighted by molar-refractivity contribution is 5.78. The highest BCUT2D eigenvalue weighted by Crippen LogP contribution is 2.38. The number of anilines is 2. The number of aromatic nitrogens is 2. The van der Waals surface area contributed by atoms with E-state index in [-0.39, 0.29) is 35.2 Å². The molecule has 194 valence electrons. The van der Waals surface area contributed by atoms with Gasteiger partial charge in [-0.25, -0.2) is 9.97 Å². The molecule has 1 aliphatic rings. The normalized spacial score (nSPS) is 14.8. The van der Waals surface area contributed by atoms with Crippen molar-refractivity contribution in [3.05, 3.63) is 29.6 Å². The molecule has 0 saturated carbocycles. The number of piperidine rings is 1. The van der Waals surface area contributed by atoms with Crippen LogP contribution >= 0.6 is 0 Å². The number of amides is 1.